The topological polar surface area (TPSA) is 126 Å². The number of nitrogens with zero attached hydrogens (tertiary/aromatic N) is 3. The second kappa shape index (κ2) is 7.79. The number of imidazole rings is 1. The number of nitrogens with two attached hydrogens (primary N) is 2. The lowest BCUT2D eigenvalue weighted by atomic mass is 10.1. The van der Waals surface area contributed by atoms with Gasteiger partial charge in [0.2, 0.25) is 10.0 Å². The number of nitrogen functional groups attached to an aromatic ring is 1. The third kappa shape index (κ3) is 4.20. The zero-order valence-corrected chi connectivity index (χ0v) is 16.4. The fraction of sp³-hybridized carbons (Fsp3) is 0.444. The molecule has 1 unspecified atom stereocenters. The average molecular weight is 391 g/mol. The number of hydrogen-bond acceptors (Lipinski definition) is 6. The van der Waals surface area contributed by atoms with Gasteiger partial charge in [0, 0.05) is 18.0 Å². The number of para-hydroxylation sites is 1. The maximum Gasteiger partial charge on any atom is 0.209 e. The van der Waals surface area contributed by atoms with Gasteiger partial charge in [-0.2, -0.15) is 0 Å². The number of hydrogen-bond donors (Lipinski definition) is 2. The highest BCUT2D eigenvalue weighted by atomic mass is 32.2. The number of fused-ring (bicyclic) bond motifs is 3. The molecule has 0 aliphatic heterocycles. The maximum atomic E-state index is 11.3. The van der Waals surface area contributed by atoms with E-state index in [1.165, 1.54) is 0 Å². The van der Waals surface area contributed by atoms with Gasteiger partial charge >= 0.3 is 0 Å². The number of rotatable bonds is 8. The van der Waals surface area contributed by atoms with Crippen LogP contribution in [0.4, 0.5) is 5.82 Å². The monoisotopic (exact) mass is 391 g/mol. The first-order chi connectivity index (χ1) is 12.8. The molecule has 3 aromatic rings. The van der Waals surface area contributed by atoms with Crippen LogP contribution in [0.25, 0.3) is 21.9 Å². The van der Waals surface area contributed by atoms with Crippen LogP contribution in [0.3, 0.4) is 0 Å². The number of benzene rings is 1. The van der Waals surface area contributed by atoms with E-state index < -0.39 is 10.0 Å². The Bertz CT molecular complexity index is 1060. The summed E-state index contributed by atoms with van der Waals surface area (Å²) in [4.78, 5) is 9.14. The third-order valence-corrected chi connectivity index (χ3v) is 5.41. The van der Waals surface area contributed by atoms with Crippen molar-refractivity contribution in [3.63, 3.8) is 0 Å². The molecule has 0 spiro atoms. The molecule has 8 nitrogen and oxygen atoms in total. The quantitative estimate of drug-likeness (QED) is 0.607. The minimum absolute atomic E-state index is 0.00240. The molecule has 3 rings (SSSR count). The van der Waals surface area contributed by atoms with E-state index in [-0.39, 0.29) is 11.8 Å². The smallest absolute Gasteiger partial charge is 0.209 e. The average Bonchev–Trinajstić information content (AvgIpc) is 2.99. The number of anilines is 1. The first-order valence-corrected chi connectivity index (χ1v) is 10.7. The molecule has 0 saturated carbocycles. The number of ether oxygens (including phenoxy) is 1. The van der Waals surface area contributed by atoms with Crippen LogP contribution in [0.1, 0.15) is 38.6 Å². The van der Waals surface area contributed by atoms with Crippen molar-refractivity contribution < 1.29 is 13.2 Å². The Labute approximate surface area is 158 Å². The second-order valence-corrected chi connectivity index (χ2v) is 8.34. The summed E-state index contributed by atoms with van der Waals surface area (Å²) >= 11 is 0. The van der Waals surface area contributed by atoms with Gasteiger partial charge in [-0.05, 0) is 32.8 Å². The Balaban J connectivity index is 2.11. The van der Waals surface area contributed by atoms with Crippen LogP contribution in [-0.2, 0) is 21.4 Å². The van der Waals surface area contributed by atoms with Gasteiger partial charge in [0.25, 0.3) is 0 Å². The zero-order valence-electron chi connectivity index (χ0n) is 15.6. The van der Waals surface area contributed by atoms with Crippen molar-refractivity contribution in [3.8, 4) is 0 Å². The van der Waals surface area contributed by atoms with Gasteiger partial charge in [0.15, 0.2) is 5.82 Å². The van der Waals surface area contributed by atoms with Crippen molar-refractivity contribution in [1.29, 1.82) is 0 Å². The molecule has 2 aromatic heterocycles. The standard InChI is InChI=1S/C18H25N5O3S/c1-3-26-11-15-22-16-17(13-8-4-5-9-14(13)21-18(16)19)23(15)12(2)7-6-10-27(20,24)25/h4-5,8-9,12H,3,6-7,10-11H2,1-2H3,(H2,19,21)(H2,20,24,25). The first kappa shape index (κ1) is 19.5. The normalized spacial score (nSPS) is 13.4. The summed E-state index contributed by atoms with van der Waals surface area (Å²) < 4.78 is 30.2. The number of primary sulfonamides is 1. The predicted octanol–water partition coefficient (Wildman–Crippen LogP) is 2.33. The molecular formula is C18H25N5O3S. The highest BCUT2D eigenvalue weighted by Crippen LogP contribution is 2.32. The van der Waals surface area contributed by atoms with Crippen LogP contribution >= 0.6 is 0 Å². The molecule has 0 fully saturated rings. The molecular weight excluding hydrogens is 366 g/mol. The van der Waals surface area contributed by atoms with E-state index >= 15 is 0 Å². The summed E-state index contributed by atoms with van der Waals surface area (Å²) in [6.45, 7) is 4.87. The summed E-state index contributed by atoms with van der Waals surface area (Å²) in [5.41, 5.74) is 8.50. The van der Waals surface area contributed by atoms with Crippen LogP contribution in [0.2, 0.25) is 0 Å². The van der Waals surface area contributed by atoms with Crippen molar-refractivity contribution in [3.05, 3.63) is 30.1 Å². The molecule has 0 bridgehead atoms. The molecule has 0 radical (unpaired) electrons. The van der Waals surface area contributed by atoms with Crippen LogP contribution < -0.4 is 10.9 Å². The van der Waals surface area contributed by atoms with Crippen LogP contribution in [0.15, 0.2) is 24.3 Å². The Hall–Kier alpha value is -2.23. The summed E-state index contributed by atoms with van der Waals surface area (Å²) in [6.07, 6.45) is 1.10. The van der Waals surface area contributed by atoms with Crippen molar-refractivity contribution >= 4 is 37.8 Å². The van der Waals surface area contributed by atoms with Crippen LogP contribution in [0.5, 0.6) is 0 Å². The van der Waals surface area contributed by atoms with E-state index in [1.807, 2.05) is 38.1 Å². The molecule has 27 heavy (non-hydrogen) atoms. The van der Waals surface area contributed by atoms with Gasteiger partial charge in [-0.25, -0.2) is 23.5 Å². The minimum atomic E-state index is -3.48. The molecule has 146 valence electrons. The van der Waals surface area contributed by atoms with E-state index in [1.54, 1.807) is 0 Å². The molecule has 0 aliphatic rings. The first-order valence-electron chi connectivity index (χ1n) is 8.95. The molecule has 1 aromatic carbocycles. The molecule has 9 heteroatoms. The molecule has 0 saturated heterocycles. The number of aromatic nitrogens is 3. The summed E-state index contributed by atoms with van der Waals surface area (Å²) in [6, 6.07) is 7.76. The fourth-order valence-corrected chi connectivity index (χ4v) is 3.92. The van der Waals surface area contributed by atoms with E-state index in [9.17, 15) is 8.42 Å². The molecule has 2 heterocycles. The SMILES string of the molecule is CCOCc1nc2c(N)nc3ccccc3c2n1C(C)CCCS(N)(=O)=O. The maximum absolute atomic E-state index is 11.3. The lowest BCUT2D eigenvalue weighted by Gasteiger charge is -2.18. The predicted molar refractivity (Wildman–Crippen MR) is 107 cm³/mol. The summed E-state index contributed by atoms with van der Waals surface area (Å²) in [5, 5.41) is 6.08. The van der Waals surface area contributed by atoms with Gasteiger partial charge in [-0.3, -0.25) is 0 Å². The van der Waals surface area contributed by atoms with Crippen molar-refractivity contribution in [2.24, 2.45) is 5.14 Å². The fourth-order valence-electron chi connectivity index (χ4n) is 3.35. The third-order valence-electron chi connectivity index (χ3n) is 4.55. The van der Waals surface area contributed by atoms with Crippen LogP contribution in [0, 0.1) is 0 Å². The lowest BCUT2D eigenvalue weighted by Crippen LogP contribution is -2.18. The Kier molecular flexibility index (Phi) is 5.64. The molecule has 1 atom stereocenters. The van der Waals surface area contributed by atoms with E-state index in [4.69, 9.17) is 15.6 Å². The van der Waals surface area contributed by atoms with Crippen molar-refractivity contribution in [2.75, 3.05) is 18.1 Å². The van der Waals surface area contributed by atoms with Gasteiger partial charge in [-0.15, -0.1) is 0 Å². The Morgan fingerprint density at radius 3 is 2.70 bits per heavy atom. The Morgan fingerprint density at radius 1 is 1.26 bits per heavy atom. The highest BCUT2D eigenvalue weighted by molar-refractivity contribution is 7.89. The number of pyridine rings is 1. The summed E-state index contributed by atoms with van der Waals surface area (Å²) in [7, 11) is -3.48. The molecule has 0 aliphatic carbocycles. The van der Waals surface area contributed by atoms with Crippen molar-refractivity contribution in [2.45, 2.75) is 39.3 Å². The van der Waals surface area contributed by atoms with Crippen LogP contribution in [-0.4, -0.2) is 35.3 Å². The lowest BCUT2D eigenvalue weighted by molar-refractivity contribution is 0.124. The Morgan fingerprint density at radius 2 is 2.00 bits per heavy atom. The van der Waals surface area contributed by atoms with Gasteiger partial charge in [-0.1, -0.05) is 18.2 Å². The van der Waals surface area contributed by atoms with E-state index in [2.05, 4.69) is 14.5 Å². The zero-order chi connectivity index (χ0) is 19.6. The second-order valence-electron chi connectivity index (χ2n) is 6.60. The molecule has 0 amide bonds. The van der Waals surface area contributed by atoms with Gasteiger partial charge in [0.1, 0.15) is 17.9 Å². The van der Waals surface area contributed by atoms with E-state index in [0.29, 0.717) is 37.4 Å². The van der Waals surface area contributed by atoms with Crippen molar-refractivity contribution in [1.82, 2.24) is 14.5 Å². The minimum Gasteiger partial charge on any atom is -0.382 e. The largest absolute Gasteiger partial charge is 0.382 e. The van der Waals surface area contributed by atoms with Gasteiger partial charge < -0.3 is 15.0 Å². The van der Waals surface area contributed by atoms with E-state index in [0.717, 1.165) is 22.2 Å². The number of sulfonamides is 1. The summed E-state index contributed by atoms with van der Waals surface area (Å²) in [5.74, 6) is 1.08. The highest BCUT2D eigenvalue weighted by Gasteiger charge is 2.21. The van der Waals surface area contributed by atoms with Gasteiger partial charge in [0.05, 0.1) is 16.8 Å². The molecule has 4 N–H and O–H groups in total.